The first kappa shape index (κ1) is 21.5. The molecule has 2 N–H and O–H groups in total. The number of anilines is 1. The van der Waals surface area contributed by atoms with E-state index in [2.05, 4.69) is 29.7 Å². The third-order valence-corrected chi connectivity index (χ3v) is 5.25. The molecule has 1 saturated carbocycles. The first-order valence-corrected chi connectivity index (χ1v) is 9.96. The first-order valence-electron chi connectivity index (χ1n) is 9.96. The zero-order valence-corrected chi connectivity index (χ0v) is 18.8. The Morgan fingerprint density at radius 2 is 1.79 bits per heavy atom. The Morgan fingerprint density at radius 1 is 1.07 bits per heavy atom. The normalized spacial score (nSPS) is 17.9. The second kappa shape index (κ2) is 10.6. The smallest absolute Gasteiger partial charge is 0.225 e. The Bertz CT molecular complexity index is 790. The van der Waals surface area contributed by atoms with Crippen molar-refractivity contribution >= 4 is 35.9 Å². The van der Waals surface area contributed by atoms with E-state index in [0.29, 0.717) is 24.5 Å². The first-order chi connectivity index (χ1) is 13.8. The van der Waals surface area contributed by atoms with Crippen LogP contribution in [0.25, 0.3) is 0 Å². The van der Waals surface area contributed by atoms with Crippen LogP contribution in [0, 0.1) is 0 Å². The van der Waals surface area contributed by atoms with Gasteiger partial charge in [-0.2, -0.15) is 0 Å². The van der Waals surface area contributed by atoms with Crippen LogP contribution in [-0.4, -0.2) is 58.1 Å². The molecule has 8 nitrogen and oxygen atoms in total. The van der Waals surface area contributed by atoms with E-state index in [9.17, 15) is 0 Å². The van der Waals surface area contributed by atoms with Gasteiger partial charge in [-0.05, 0) is 43.4 Å². The molecule has 2 aromatic rings. The summed E-state index contributed by atoms with van der Waals surface area (Å²) < 4.78 is 5.97. The maximum Gasteiger partial charge on any atom is 0.225 e. The number of ether oxygens (including phenoxy) is 1. The highest BCUT2D eigenvalue weighted by molar-refractivity contribution is 14.0. The number of piperazine rings is 1. The van der Waals surface area contributed by atoms with Crippen molar-refractivity contribution in [2.75, 3.05) is 31.1 Å². The summed E-state index contributed by atoms with van der Waals surface area (Å²) in [6, 6.07) is 5.76. The number of hydrogen-bond acceptors (Lipinski definition) is 6. The van der Waals surface area contributed by atoms with Gasteiger partial charge in [-0.1, -0.05) is 0 Å². The van der Waals surface area contributed by atoms with Crippen molar-refractivity contribution in [3.05, 3.63) is 42.4 Å². The summed E-state index contributed by atoms with van der Waals surface area (Å²) in [6.45, 7) is 3.79. The lowest BCUT2D eigenvalue weighted by atomic mass is 10.2. The van der Waals surface area contributed by atoms with E-state index >= 15 is 0 Å². The monoisotopic (exact) mass is 509 g/mol. The molecule has 0 spiro atoms. The number of aromatic nitrogens is 3. The number of halogens is 1. The number of guanidine groups is 1. The average molecular weight is 509 g/mol. The third-order valence-electron chi connectivity index (χ3n) is 5.25. The number of nitrogens with zero attached hydrogens (tertiary/aromatic N) is 6. The molecule has 2 aliphatic rings. The predicted molar refractivity (Wildman–Crippen MR) is 124 cm³/mol. The van der Waals surface area contributed by atoms with E-state index in [0.717, 1.165) is 50.5 Å². The molecule has 3 heterocycles. The van der Waals surface area contributed by atoms with Crippen LogP contribution in [0.5, 0.6) is 5.88 Å². The topological polar surface area (TPSA) is 92.8 Å². The van der Waals surface area contributed by atoms with E-state index < -0.39 is 0 Å². The molecule has 0 aromatic carbocycles. The van der Waals surface area contributed by atoms with Crippen molar-refractivity contribution in [3.8, 4) is 5.88 Å². The maximum absolute atomic E-state index is 6.23. The minimum absolute atomic E-state index is 0. The van der Waals surface area contributed by atoms with Gasteiger partial charge in [-0.15, -0.1) is 24.0 Å². The molecule has 0 unspecified atom stereocenters. The lowest BCUT2D eigenvalue weighted by Crippen LogP contribution is -2.51. The molecule has 0 atom stereocenters. The van der Waals surface area contributed by atoms with E-state index in [1.54, 1.807) is 18.6 Å². The number of pyridine rings is 1. The van der Waals surface area contributed by atoms with Crippen LogP contribution in [0.1, 0.15) is 31.2 Å². The average Bonchev–Trinajstić information content (AvgIpc) is 3.26. The van der Waals surface area contributed by atoms with Crippen molar-refractivity contribution in [1.82, 2.24) is 19.9 Å². The lowest BCUT2D eigenvalue weighted by molar-refractivity contribution is 0.201. The van der Waals surface area contributed by atoms with Crippen LogP contribution in [0.2, 0.25) is 0 Å². The number of rotatable bonds is 5. The van der Waals surface area contributed by atoms with E-state index in [-0.39, 0.29) is 24.0 Å². The second-order valence-corrected chi connectivity index (χ2v) is 7.22. The van der Waals surface area contributed by atoms with Crippen molar-refractivity contribution < 1.29 is 4.74 Å². The van der Waals surface area contributed by atoms with Crippen LogP contribution in [0.3, 0.4) is 0 Å². The van der Waals surface area contributed by atoms with Gasteiger partial charge in [-0.25, -0.2) is 19.9 Å². The van der Waals surface area contributed by atoms with Gasteiger partial charge < -0.3 is 20.3 Å². The summed E-state index contributed by atoms with van der Waals surface area (Å²) in [5.74, 6) is 2.03. The zero-order valence-electron chi connectivity index (χ0n) is 16.5. The summed E-state index contributed by atoms with van der Waals surface area (Å²) >= 11 is 0. The minimum Gasteiger partial charge on any atom is -0.474 e. The van der Waals surface area contributed by atoms with Crippen LogP contribution < -0.4 is 15.4 Å². The molecule has 2 fully saturated rings. The Kier molecular flexibility index (Phi) is 7.84. The van der Waals surface area contributed by atoms with Crippen molar-refractivity contribution in [2.45, 2.75) is 38.3 Å². The SMILES string of the molecule is I.NC(=NCc1ccnc(OC2CCCC2)c1)N1CCN(c2ncccn2)CC1. The van der Waals surface area contributed by atoms with Crippen molar-refractivity contribution in [3.63, 3.8) is 0 Å². The van der Waals surface area contributed by atoms with Crippen LogP contribution >= 0.6 is 24.0 Å². The molecule has 0 amide bonds. The second-order valence-electron chi connectivity index (χ2n) is 7.22. The summed E-state index contributed by atoms with van der Waals surface area (Å²) in [6.07, 6.45) is 10.4. The zero-order chi connectivity index (χ0) is 19.2. The summed E-state index contributed by atoms with van der Waals surface area (Å²) in [4.78, 5) is 21.8. The van der Waals surface area contributed by atoms with Gasteiger partial charge in [0.2, 0.25) is 11.8 Å². The van der Waals surface area contributed by atoms with Gasteiger partial charge in [-0.3, -0.25) is 0 Å². The highest BCUT2D eigenvalue weighted by Gasteiger charge is 2.20. The molecular formula is C20H28IN7O. The number of nitrogens with two attached hydrogens (primary N) is 1. The fraction of sp³-hybridized carbons (Fsp3) is 0.500. The van der Waals surface area contributed by atoms with Crippen molar-refractivity contribution in [2.24, 2.45) is 10.7 Å². The molecule has 1 aliphatic heterocycles. The molecule has 1 aliphatic carbocycles. The fourth-order valence-corrected chi connectivity index (χ4v) is 3.65. The van der Waals surface area contributed by atoms with Crippen LogP contribution in [0.4, 0.5) is 5.95 Å². The number of hydrogen-bond donors (Lipinski definition) is 1. The third kappa shape index (κ3) is 5.91. The predicted octanol–water partition coefficient (Wildman–Crippen LogP) is 2.45. The largest absolute Gasteiger partial charge is 0.474 e. The molecule has 9 heteroatoms. The van der Waals surface area contributed by atoms with E-state index in [1.165, 1.54) is 12.8 Å². The lowest BCUT2D eigenvalue weighted by Gasteiger charge is -2.35. The molecule has 4 rings (SSSR count). The van der Waals surface area contributed by atoms with E-state index in [1.807, 2.05) is 18.2 Å². The van der Waals surface area contributed by atoms with Crippen LogP contribution in [0.15, 0.2) is 41.8 Å². The summed E-state index contributed by atoms with van der Waals surface area (Å²) in [7, 11) is 0. The molecule has 156 valence electrons. The molecule has 0 radical (unpaired) electrons. The number of aliphatic imine (C=N–C) groups is 1. The Balaban J connectivity index is 0.00000240. The van der Waals surface area contributed by atoms with Gasteiger partial charge >= 0.3 is 0 Å². The van der Waals surface area contributed by atoms with Gasteiger partial charge in [0.05, 0.1) is 6.54 Å². The fourth-order valence-electron chi connectivity index (χ4n) is 3.65. The quantitative estimate of drug-likeness (QED) is 0.376. The Labute approximate surface area is 188 Å². The summed E-state index contributed by atoms with van der Waals surface area (Å²) in [5, 5.41) is 0. The van der Waals surface area contributed by atoms with Crippen molar-refractivity contribution in [1.29, 1.82) is 0 Å². The van der Waals surface area contributed by atoms with E-state index in [4.69, 9.17) is 10.5 Å². The minimum atomic E-state index is 0. The van der Waals surface area contributed by atoms with Crippen LogP contribution in [-0.2, 0) is 6.54 Å². The molecule has 2 aromatic heterocycles. The van der Waals surface area contributed by atoms with Gasteiger partial charge in [0, 0.05) is 50.8 Å². The van der Waals surface area contributed by atoms with Gasteiger partial charge in [0.1, 0.15) is 6.10 Å². The molecular weight excluding hydrogens is 481 g/mol. The Hall–Kier alpha value is -2.17. The molecule has 29 heavy (non-hydrogen) atoms. The summed E-state index contributed by atoms with van der Waals surface area (Å²) in [5.41, 5.74) is 7.29. The molecule has 1 saturated heterocycles. The Morgan fingerprint density at radius 3 is 2.52 bits per heavy atom. The maximum atomic E-state index is 6.23. The van der Waals surface area contributed by atoms with Gasteiger partial charge in [0.15, 0.2) is 5.96 Å². The standard InChI is InChI=1S/C20H27N7O.HI/c21-19(26-10-12-27(13-11-26)20-23-7-3-8-24-20)25-15-16-6-9-22-18(14-16)28-17-4-1-2-5-17;/h3,6-9,14,17H,1-2,4-5,10-13,15H2,(H2,21,25);1H. The highest BCUT2D eigenvalue weighted by Crippen LogP contribution is 2.23. The molecule has 0 bridgehead atoms. The highest BCUT2D eigenvalue weighted by atomic mass is 127. The van der Waals surface area contributed by atoms with Gasteiger partial charge in [0.25, 0.3) is 0 Å².